The van der Waals surface area contributed by atoms with Gasteiger partial charge in [-0.3, -0.25) is 0 Å². The van der Waals surface area contributed by atoms with Crippen molar-refractivity contribution in [3.8, 4) is 0 Å². The Morgan fingerprint density at radius 1 is 1.14 bits per heavy atom. The minimum Gasteiger partial charge on any atom is -0.383 e. The predicted octanol–water partition coefficient (Wildman–Crippen LogP) is 1.82. The van der Waals surface area contributed by atoms with Crippen LogP contribution in [-0.2, 0) is 9.47 Å². The van der Waals surface area contributed by atoms with Gasteiger partial charge in [0.25, 0.3) is 0 Å². The average molecular weight is 203 g/mol. The lowest BCUT2D eigenvalue weighted by molar-refractivity contribution is 0.0290. The molecule has 86 valence electrons. The number of hydrogen-bond donors (Lipinski definition) is 1. The Bertz CT molecular complexity index is 120. The zero-order valence-corrected chi connectivity index (χ0v) is 10.0. The second-order valence-electron chi connectivity index (χ2n) is 3.58. The molecule has 0 spiro atoms. The maximum Gasteiger partial charge on any atom is 0.0746 e. The molecule has 0 aliphatic rings. The molecule has 2 atom stereocenters. The number of rotatable bonds is 9. The number of ether oxygens (including phenoxy) is 2. The fourth-order valence-electron chi connectivity index (χ4n) is 1.57. The van der Waals surface area contributed by atoms with E-state index in [2.05, 4.69) is 19.2 Å². The lowest BCUT2D eigenvalue weighted by Gasteiger charge is -2.26. The summed E-state index contributed by atoms with van der Waals surface area (Å²) >= 11 is 0. The highest BCUT2D eigenvalue weighted by Gasteiger charge is 2.19. The minimum absolute atomic E-state index is 0.270. The average Bonchev–Trinajstić information content (AvgIpc) is 2.21. The van der Waals surface area contributed by atoms with Gasteiger partial charge in [0.1, 0.15) is 0 Å². The summed E-state index contributed by atoms with van der Waals surface area (Å²) in [7, 11) is 3.51. The van der Waals surface area contributed by atoms with Gasteiger partial charge in [0.2, 0.25) is 0 Å². The largest absolute Gasteiger partial charge is 0.383 e. The molecular formula is C11H25NO2. The monoisotopic (exact) mass is 203 g/mol. The third kappa shape index (κ3) is 5.58. The van der Waals surface area contributed by atoms with Gasteiger partial charge in [-0.25, -0.2) is 0 Å². The summed E-state index contributed by atoms with van der Waals surface area (Å²) in [5, 5.41) is 3.46. The molecule has 0 aromatic heterocycles. The molecule has 0 saturated carbocycles. The van der Waals surface area contributed by atoms with E-state index in [1.807, 2.05) is 0 Å². The van der Waals surface area contributed by atoms with Crippen LogP contribution in [0.5, 0.6) is 0 Å². The molecule has 0 rings (SSSR count). The van der Waals surface area contributed by atoms with Gasteiger partial charge in [-0.05, 0) is 19.4 Å². The van der Waals surface area contributed by atoms with Crippen LogP contribution in [-0.4, -0.2) is 39.5 Å². The van der Waals surface area contributed by atoms with E-state index in [1.54, 1.807) is 14.2 Å². The van der Waals surface area contributed by atoms with Gasteiger partial charge in [0, 0.05) is 14.2 Å². The minimum atomic E-state index is 0.270. The highest BCUT2D eigenvalue weighted by molar-refractivity contribution is 4.76. The molecule has 0 aromatic carbocycles. The van der Waals surface area contributed by atoms with Gasteiger partial charge in [-0.15, -0.1) is 0 Å². The molecule has 3 heteroatoms. The summed E-state index contributed by atoms with van der Waals surface area (Å²) in [6.07, 6.45) is 3.64. The third-order valence-corrected chi connectivity index (χ3v) is 2.33. The van der Waals surface area contributed by atoms with Crippen LogP contribution in [0.3, 0.4) is 0 Å². The Morgan fingerprint density at radius 3 is 2.29 bits per heavy atom. The molecule has 0 heterocycles. The standard InChI is InChI=1S/C11H25NO2/c1-5-7-11(14-4)10(9-13-3)12-8-6-2/h10-12H,5-9H2,1-4H3. The van der Waals surface area contributed by atoms with Crippen LogP contribution in [0.4, 0.5) is 0 Å². The second-order valence-corrected chi connectivity index (χ2v) is 3.58. The first-order chi connectivity index (χ1) is 6.79. The molecule has 0 aromatic rings. The van der Waals surface area contributed by atoms with Crippen molar-refractivity contribution < 1.29 is 9.47 Å². The quantitative estimate of drug-likeness (QED) is 0.620. The topological polar surface area (TPSA) is 30.5 Å². The fraction of sp³-hybridized carbons (Fsp3) is 1.00. The zero-order chi connectivity index (χ0) is 10.8. The molecule has 1 N–H and O–H groups in total. The smallest absolute Gasteiger partial charge is 0.0746 e. The van der Waals surface area contributed by atoms with Crippen molar-refractivity contribution in [1.29, 1.82) is 0 Å². The first kappa shape index (κ1) is 13.9. The summed E-state index contributed by atoms with van der Waals surface area (Å²) in [5.74, 6) is 0. The zero-order valence-electron chi connectivity index (χ0n) is 10.0. The Morgan fingerprint density at radius 2 is 1.86 bits per heavy atom. The van der Waals surface area contributed by atoms with E-state index in [4.69, 9.17) is 9.47 Å². The molecule has 2 unspecified atom stereocenters. The van der Waals surface area contributed by atoms with Crippen molar-refractivity contribution in [3.05, 3.63) is 0 Å². The maximum atomic E-state index is 5.46. The molecule has 0 aliphatic heterocycles. The molecule has 0 radical (unpaired) electrons. The van der Waals surface area contributed by atoms with Gasteiger partial charge >= 0.3 is 0 Å². The Hall–Kier alpha value is -0.120. The Balaban J connectivity index is 3.97. The van der Waals surface area contributed by atoms with Crippen LogP contribution in [0.25, 0.3) is 0 Å². The third-order valence-electron chi connectivity index (χ3n) is 2.33. The molecule has 0 bridgehead atoms. The number of nitrogens with one attached hydrogen (secondary N) is 1. The molecule has 3 nitrogen and oxygen atoms in total. The van der Waals surface area contributed by atoms with Crippen molar-refractivity contribution in [2.75, 3.05) is 27.4 Å². The summed E-state index contributed by atoms with van der Waals surface area (Å²) in [5.41, 5.74) is 0. The summed E-state index contributed by atoms with van der Waals surface area (Å²) in [6, 6.07) is 0.324. The van der Waals surface area contributed by atoms with Crippen LogP contribution in [0.1, 0.15) is 33.1 Å². The Kier molecular flexibility index (Phi) is 9.35. The molecule has 0 amide bonds. The van der Waals surface area contributed by atoms with Gasteiger partial charge < -0.3 is 14.8 Å². The Labute approximate surface area is 88.2 Å². The van der Waals surface area contributed by atoms with E-state index in [0.29, 0.717) is 6.04 Å². The van der Waals surface area contributed by atoms with E-state index in [0.717, 1.165) is 32.4 Å². The van der Waals surface area contributed by atoms with E-state index in [1.165, 1.54) is 0 Å². The first-order valence-electron chi connectivity index (χ1n) is 5.55. The summed E-state index contributed by atoms with van der Waals surface area (Å²) in [6.45, 7) is 6.09. The van der Waals surface area contributed by atoms with Crippen molar-refractivity contribution in [2.24, 2.45) is 0 Å². The summed E-state index contributed by atoms with van der Waals surface area (Å²) < 4.78 is 10.6. The lowest BCUT2D eigenvalue weighted by Crippen LogP contribution is -2.44. The molecular weight excluding hydrogens is 178 g/mol. The predicted molar refractivity (Wildman–Crippen MR) is 59.7 cm³/mol. The van der Waals surface area contributed by atoms with Crippen LogP contribution < -0.4 is 5.32 Å². The molecule has 0 fully saturated rings. The summed E-state index contributed by atoms with van der Waals surface area (Å²) in [4.78, 5) is 0. The maximum absolute atomic E-state index is 5.46. The van der Waals surface area contributed by atoms with E-state index < -0.39 is 0 Å². The highest BCUT2D eigenvalue weighted by atomic mass is 16.5. The lowest BCUT2D eigenvalue weighted by atomic mass is 10.1. The van der Waals surface area contributed by atoms with Crippen LogP contribution >= 0.6 is 0 Å². The van der Waals surface area contributed by atoms with Gasteiger partial charge in [0.15, 0.2) is 0 Å². The van der Waals surface area contributed by atoms with Crippen LogP contribution in [0.2, 0.25) is 0 Å². The van der Waals surface area contributed by atoms with Gasteiger partial charge in [-0.1, -0.05) is 20.3 Å². The van der Waals surface area contributed by atoms with Crippen molar-refractivity contribution in [1.82, 2.24) is 5.32 Å². The van der Waals surface area contributed by atoms with E-state index in [-0.39, 0.29) is 6.10 Å². The van der Waals surface area contributed by atoms with Crippen molar-refractivity contribution in [2.45, 2.75) is 45.3 Å². The number of hydrogen-bond acceptors (Lipinski definition) is 3. The first-order valence-corrected chi connectivity index (χ1v) is 5.55. The van der Waals surface area contributed by atoms with Crippen molar-refractivity contribution in [3.63, 3.8) is 0 Å². The molecule has 0 saturated heterocycles. The fourth-order valence-corrected chi connectivity index (χ4v) is 1.57. The van der Waals surface area contributed by atoms with Crippen LogP contribution in [0.15, 0.2) is 0 Å². The van der Waals surface area contributed by atoms with E-state index >= 15 is 0 Å². The molecule has 14 heavy (non-hydrogen) atoms. The van der Waals surface area contributed by atoms with Gasteiger partial charge in [-0.2, -0.15) is 0 Å². The van der Waals surface area contributed by atoms with Crippen molar-refractivity contribution >= 4 is 0 Å². The number of methoxy groups -OCH3 is 2. The molecule has 0 aliphatic carbocycles. The van der Waals surface area contributed by atoms with E-state index in [9.17, 15) is 0 Å². The van der Waals surface area contributed by atoms with Crippen LogP contribution in [0, 0.1) is 0 Å². The SMILES string of the molecule is CCCNC(COC)C(CCC)OC. The second kappa shape index (κ2) is 9.44. The normalized spacial score (nSPS) is 15.4. The highest BCUT2D eigenvalue weighted by Crippen LogP contribution is 2.07. The van der Waals surface area contributed by atoms with Gasteiger partial charge in [0.05, 0.1) is 18.8 Å².